The summed E-state index contributed by atoms with van der Waals surface area (Å²) in [6, 6.07) is 0. The number of thioether (sulfide) groups is 1. The van der Waals surface area contributed by atoms with Crippen LogP contribution in [0.15, 0.2) is 0 Å². The van der Waals surface area contributed by atoms with E-state index in [-0.39, 0.29) is 11.8 Å². The maximum absolute atomic E-state index is 11.8. The summed E-state index contributed by atoms with van der Waals surface area (Å²) in [5.74, 6) is -1.36. The van der Waals surface area contributed by atoms with E-state index in [0.29, 0.717) is 0 Å². The average molecular weight is 206 g/mol. The first-order valence-electron chi connectivity index (χ1n) is 2.85. The maximum Gasteiger partial charge on any atom is 0.398 e. The summed E-state index contributed by atoms with van der Waals surface area (Å²) in [5.41, 5.74) is 0. The number of ether oxygens (including phenoxy) is 1. The van der Waals surface area contributed by atoms with Gasteiger partial charge >= 0.3 is 11.5 Å². The summed E-state index contributed by atoms with van der Waals surface area (Å²) >= 11 is -0.114. The Hall–Kier alpha value is -0.460. The highest BCUT2D eigenvalue weighted by Crippen LogP contribution is 2.22. The van der Waals surface area contributed by atoms with Crippen LogP contribution >= 0.6 is 11.8 Å². The number of hydrogen-bond acceptors (Lipinski definition) is 3. The molecule has 0 radical (unpaired) electrons. The SMILES string of the molecule is CC(F)OC(=O)SCC(F)(F)F. The second-order valence-electron chi connectivity index (χ2n) is 1.81. The van der Waals surface area contributed by atoms with Crippen LogP contribution in [0.4, 0.5) is 22.4 Å². The molecule has 0 aliphatic rings. The molecule has 0 aliphatic heterocycles. The van der Waals surface area contributed by atoms with Gasteiger partial charge in [-0.25, -0.2) is 9.18 Å². The zero-order valence-corrected chi connectivity index (χ0v) is 6.84. The van der Waals surface area contributed by atoms with Gasteiger partial charge in [0.2, 0.25) is 6.36 Å². The van der Waals surface area contributed by atoms with Gasteiger partial charge in [0.05, 0.1) is 0 Å². The van der Waals surface area contributed by atoms with Crippen molar-refractivity contribution in [2.45, 2.75) is 19.5 Å². The molecule has 0 N–H and O–H groups in total. The third-order valence-corrected chi connectivity index (χ3v) is 1.42. The van der Waals surface area contributed by atoms with Gasteiger partial charge < -0.3 is 4.74 Å². The molecule has 0 aliphatic carbocycles. The fourth-order valence-corrected chi connectivity index (χ4v) is 0.790. The molecule has 0 saturated carbocycles. The summed E-state index contributed by atoms with van der Waals surface area (Å²) in [6.07, 6.45) is -6.32. The quantitative estimate of drug-likeness (QED) is 0.513. The minimum absolute atomic E-state index is 0.114. The molecule has 72 valence electrons. The van der Waals surface area contributed by atoms with E-state index >= 15 is 0 Å². The van der Waals surface area contributed by atoms with Gasteiger partial charge in [0.25, 0.3) is 0 Å². The molecule has 0 amide bonds. The van der Waals surface area contributed by atoms with Crippen molar-refractivity contribution >= 4 is 17.1 Å². The van der Waals surface area contributed by atoms with Crippen molar-refractivity contribution in [3.8, 4) is 0 Å². The minimum atomic E-state index is -4.44. The molecule has 0 rings (SSSR count). The Balaban J connectivity index is 3.58. The molecule has 12 heavy (non-hydrogen) atoms. The zero-order chi connectivity index (χ0) is 9.78. The van der Waals surface area contributed by atoms with Crippen LogP contribution in [0.25, 0.3) is 0 Å². The van der Waals surface area contributed by atoms with Crippen LogP contribution in [0.1, 0.15) is 6.92 Å². The van der Waals surface area contributed by atoms with E-state index in [1.165, 1.54) is 0 Å². The number of alkyl halides is 4. The Bertz CT molecular complexity index is 156. The van der Waals surface area contributed by atoms with Crippen molar-refractivity contribution in [1.82, 2.24) is 0 Å². The van der Waals surface area contributed by atoms with Crippen molar-refractivity contribution in [2.75, 3.05) is 5.75 Å². The highest BCUT2D eigenvalue weighted by molar-refractivity contribution is 8.13. The Morgan fingerprint density at radius 1 is 1.58 bits per heavy atom. The zero-order valence-electron chi connectivity index (χ0n) is 6.02. The summed E-state index contributed by atoms with van der Waals surface area (Å²) in [7, 11) is 0. The Labute approximate surface area is 70.3 Å². The molecular formula is C5H6F4O2S. The lowest BCUT2D eigenvalue weighted by Gasteiger charge is -2.06. The van der Waals surface area contributed by atoms with Crippen LogP contribution in [-0.2, 0) is 4.74 Å². The normalized spacial score (nSPS) is 14.1. The van der Waals surface area contributed by atoms with Gasteiger partial charge in [-0.2, -0.15) is 13.2 Å². The molecule has 2 nitrogen and oxygen atoms in total. The maximum atomic E-state index is 11.8. The fraction of sp³-hybridized carbons (Fsp3) is 0.800. The van der Waals surface area contributed by atoms with E-state index in [4.69, 9.17) is 0 Å². The van der Waals surface area contributed by atoms with Crippen molar-refractivity contribution in [2.24, 2.45) is 0 Å². The first kappa shape index (κ1) is 11.5. The minimum Gasteiger partial charge on any atom is -0.423 e. The van der Waals surface area contributed by atoms with Gasteiger partial charge in [0, 0.05) is 6.92 Å². The fourth-order valence-electron chi connectivity index (χ4n) is 0.307. The number of carbonyl (C=O) groups excluding carboxylic acids is 1. The molecule has 0 saturated heterocycles. The van der Waals surface area contributed by atoms with Gasteiger partial charge in [0.15, 0.2) is 0 Å². The van der Waals surface area contributed by atoms with Gasteiger partial charge in [-0.3, -0.25) is 0 Å². The first-order chi connectivity index (χ1) is 5.31. The van der Waals surface area contributed by atoms with E-state index in [9.17, 15) is 22.4 Å². The molecule has 0 aromatic carbocycles. The van der Waals surface area contributed by atoms with Crippen LogP contribution in [0, 0.1) is 0 Å². The lowest BCUT2D eigenvalue weighted by Crippen LogP contribution is -2.14. The topological polar surface area (TPSA) is 26.3 Å². The molecule has 1 unspecified atom stereocenters. The largest absolute Gasteiger partial charge is 0.423 e. The molecule has 0 spiro atoms. The first-order valence-corrected chi connectivity index (χ1v) is 3.84. The predicted molar refractivity (Wildman–Crippen MR) is 35.6 cm³/mol. The number of carbonyl (C=O) groups is 1. The van der Waals surface area contributed by atoms with Crippen LogP contribution in [0.3, 0.4) is 0 Å². The molecule has 0 bridgehead atoms. The van der Waals surface area contributed by atoms with Gasteiger partial charge in [-0.1, -0.05) is 0 Å². The second-order valence-corrected chi connectivity index (χ2v) is 2.73. The summed E-state index contributed by atoms with van der Waals surface area (Å²) in [5, 5.41) is -1.26. The lowest BCUT2D eigenvalue weighted by atomic mass is 10.8. The monoisotopic (exact) mass is 206 g/mol. The third-order valence-electron chi connectivity index (χ3n) is 0.612. The van der Waals surface area contributed by atoms with E-state index in [2.05, 4.69) is 4.74 Å². The van der Waals surface area contributed by atoms with Crippen molar-refractivity contribution in [3.05, 3.63) is 0 Å². The predicted octanol–water partition coefficient (Wildman–Crippen LogP) is 2.73. The third kappa shape index (κ3) is 7.64. The van der Waals surface area contributed by atoms with Crippen LogP contribution in [-0.4, -0.2) is 23.6 Å². The number of rotatable bonds is 2. The molecule has 0 heterocycles. The summed E-state index contributed by atoms with van der Waals surface area (Å²) < 4.78 is 49.9. The molecule has 0 fully saturated rings. The molecule has 7 heteroatoms. The number of halogens is 4. The van der Waals surface area contributed by atoms with Crippen LogP contribution in [0.5, 0.6) is 0 Å². The summed E-state index contributed by atoms with van der Waals surface area (Å²) in [6.45, 7) is 0.909. The Kier molecular flexibility index (Phi) is 4.36. The highest BCUT2D eigenvalue weighted by atomic mass is 32.2. The molecule has 0 aromatic rings. The van der Waals surface area contributed by atoms with Gasteiger partial charge in [0.1, 0.15) is 5.75 Å². The highest BCUT2D eigenvalue weighted by Gasteiger charge is 2.29. The van der Waals surface area contributed by atoms with E-state index in [0.717, 1.165) is 6.92 Å². The van der Waals surface area contributed by atoms with Crippen molar-refractivity contribution in [1.29, 1.82) is 0 Å². The standard InChI is InChI=1S/C5H6F4O2S/c1-3(6)11-4(10)12-2-5(7,8)9/h3H,2H2,1H3. The summed E-state index contributed by atoms with van der Waals surface area (Å²) in [4.78, 5) is 10.3. The van der Waals surface area contributed by atoms with Gasteiger partial charge in [-0.15, -0.1) is 0 Å². The molecular weight excluding hydrogens is 200 g/mol. The van der Waals surface area contributed by atoms with Crippen LogP contribution < -0.4 is 0 Å². The van der Waals surface area contributed by atoms with E-state index < -0.39 is 23.6 Å². The Morgan fingerprint density at radius 2 is 2.08 bits per heavy atom. The van der Waals surface area contributed by atoms with Gasteiger partial charge in [-0.05, 0) is 11.8 Å². The number of hydrogen-bond donors (Lipinski definition) is 0. The second kappa shape index (κ2) is 4.54. The average Bonchev–Trinajstić information content (AvgIpc) is 1.80. The van der Waals surface area contributed by atoms with Crippen molar-refractivity contribution in [3.63, 3.8) is 0 Å². The molecule has 1 atom stereocenters. The van der Waals surface area contributed by atoms with Crippen molar-refractivity contribution < 1.29 is 27.1 Å². The van der Waals surface area contributed by atoms with E-state index in [1.54, 1.807) is 0 Å². The smallest absolute Gasteiger partial charge is 0.398 e. The van der Waals surface area contributed by atoms with Crippen LogP contribution in [0.2, 0.25) is 0 Å². The van der Waals surface area contributed by atoms with E-state index in [1.807, 2.05) is 0 Å². The molecule has 0 aromatic heterocycles. The lowest BCUT2D eigenvalue weighted by molar-refractivity contribution is -0.105. The Morgan fingerprint density at radius 3 is 2.42 bits per heavy atom.